The van der Waals surface area contributed by atoms with E-state index >= 15 is 0 Å². The standard InChI is InChI=1S/C14H12ClN3O/c1-9-8-12(15)13-14(19)17(10(2)16-18(9)13)11-6-4-3-5-7-11/h3-8H,1-2H3. The number of hydrogen-bond acceptors (Lipinski definition) is 2. The highest BCUT2D eigenvalue weighted by Gasteiger charge is 2.14. The Labute approximate surface area is 114 Å². The summed E-state index contributed by atoms with van der Waals surface area (Å²) in [4.78, 5) is 12.6. The van der Waals surface area contributed by atoms with Crippen LogP contribution in [0.4, 0.5) is 0 Å². The topological polar surface area (TPSA) is 39.3 Å². The Kier molecular flexibility index (Phi) is 2.68. The number of benzene rings is 1. The lowest BCUT2D eigenvalue weighted by Crippen LogP contribution is -2.25. The third-order valence-electron chi connectivity index (χ3n) is 3.10. The maximum absolute atomic E-state index is 12.6. The first-order valence-corrected chi connectivity index (χ1v) is 6.30. The molecule has 0 aliphatic rings. The number of halogens is 1. The number of rotatable bonds is 1. The normalized spacial score (nSPS) is 11.1. The van der Waals surface area contributed by atoms with E-state index in [1.165, 1.54) is 0 Å². The van der Waals surface area contributed by atoms with Crippen molar-refractivity contribution in [1.29, 1.82) is 0 Å². The number of fused-ring (bicyclic) bond motifs is 1. The molecule has 0 bridgehead atoms. The zero-order valence-electron chi connectivity index (χ0n) is 10.6. The number of aromatic nitrogens is 3. The van der Waals surface area contributed by atoms with Gasteiger partial charge in [-0.15, -0.1) is 0 Å². The van der Waals surface area contributed by atoms with Crippen molar-refractivity contribution in [2.45, 2.75) is 13.8 Å². The predicted molar refractivity (Wildman–Crippen MR) is 75.3 cm³/mol. The van der Waals surface area contributed by atoms with E-state index in [0.29, 0.717) is 16.4 Å². The minimum atomic E-state index is -0.156. The van der Waals surface area contributed by atoms with E-state index in [2.05, 4.69) is 5.10 Å². The van der Waals surface area contributed by atoms with E-state index in [0.717, 1.165) is 11.4 Å². The van der Waals surface area contributed by atoms with Gasteiger partial charge in [0.15, 0.2) is 0 Å². The molecule has 2 aromatic heterocycles. The summed E-state index contributed by atoms with van der Waals surface area (Å²) < 4.78 is 3.17. The van der Waals surface area contributed by atoms with Crippen LogP contribution in [0.5, 0.6) is 0 Å². The van der Waals surface area contributed by atoms with Crippen molar-refractivity contribution in [2.24, 2.45) is 0 Å². The Balaban J connectivity index is 2.45. The molecule has 3 rings (SSSR count). The van der Waals surface area contributed by atoms with Crippen molar-refractivity contribution in [1.82, 2.24) is 14.2 Å². The van der Waals surface area contributed by atoms with Crippen LogP contribution in [0.15, 0.2) is 41.2 Å². The van der Waals surface area contributed by atoms with Crippen molar-refractivity contribution < 1.29 is 0 Å². The van der Waals surface area contributed by atoms with Crippen LogP contribution in [0.2, 0.25) is 5.02 Å². The molecular formula is C14H12ClN3O. The molecule has 0 unspecified atom stereocenters. The summed E-state index contributed by atoms with van der Waals surface area (Å²) in [5.41, 5.74) is 1.89. The van der Waals surface area contributed by atoms with Crippen molar-refractivity contribution in [3.05, 3.63) is 63.3 Å². The number of aryl methyl sites for hydroxylation is 2. The molecule has 2 heterocycles. The Morgan fingerprint density at radius 3 is 2.53 bits per heavy atom. The molecule has 1 aromatic carbocycles. The molecule has 4 nitrogen and oxygen atoms in total. The van der Waals surface area contributed by atoms with Crippen LogP contribution in [0.1, 0.15) is 11.5 Å². The Morgan fingerprint density at radius 2 is 1.84 bits per heavy atom. The van der Waals surface area contributed by atoms with Gasteiger partial charge in [-0.3, -0.25) is 9.36 Å². The highest BCUT2D eigenvalue weighted by molar-refractivity contribution is 6.34. The summed E-state index contributed by atoms with van der Waals surface area (Å²) in [5, 5.41) is 4.86. The molecule has 0 radical (unpaired) electrons. The number of para-hydroxylation sites is 1. The molecule has 0 fully saturated rings. The van der Waals surface area contributed by atoms with Gasteiger partial charge in [0.05, 0.1) is 10.7 Å². The third-order valence-corrected chi connectivity index (χ3v) is 3.38. The van der Waals surface area contributed by atoms with Gasteiger partial charge in [-0.25, -0.2) is 4.52 Å². The highest BCUT2D eigenvalue weighted by atomic mass is 35.5. The summed E-state index contributed by atoms with van der Waals surface area (Å²) in [7, 11) is 0. The van der Waals surface area contributed by atoms with Crippen LogP contribution < -0.4 is 5.56 Å². The van der Waals surface area contributed by atoms with E-state index < -0.39 is 0 Å². The molecule has 96 valence electrons. The van der Waals surface area contributed by atoms with Crippen LogP contribution in [-0.4, -0.2) is 14.2 Å². The molecule has 0 N–H and O–H groups in total. The molecule has 0 spiro atoms. The zero-order valence-corrected chi connectivity index (χ0v) is 11.3. The first-order chi connectivity index (χ1) is 9.09. The SMILES string of the molecule is Cc1nn2c(C)cc(Cl)c2c(=O)n1-c1ccccc1. The van der Waals surface area contributed by atoms with Crippen molar-refractivity contribution in [3.63, 3.8) is 0 Å². The van der Waals surface area contributed by atoms with Crippen molar-refractivity contribution in [2.75, 3.05) is 0 Å². The molecule has 3 aromatic rings. The molecule has 5 heteroatoms. The third kappa shape index (κ3) is 1.76. The van der Waals surface area contributed by atoms with Gasteiger partial charge in [0.25, 0.3) is 5.56 Å². The van der Waals surface area contributed by atoms with Crippen LogP contribution in [0.25, 0.3) is 11.2 Å². The van der Waals surface area contributed by atoms with Gasteiger partial charge in [-0.1, -0.05) is 29.8 Å². The fraction of sp³-hybridized carbons (Fsp3) is 0.143. The summed E-state index contributed by atoms with van der Waals surface area (Å²) in [5.74, 6) is 0.624. The quantitative estimate of drug-likeness (QED) is 0.684. The summed E-state index contributed by atoms with van der Waals surface area (Å²) >= 11 is 6.12. The molecule has 0 saturated carbocycles. The fourth-order valence-electron chi connectivity index (χ4n) is 2.24. The van der Waals surface area contributed by atoms with Gasteiger partial charge in [-0.05, 0) is 32.0 Å². The maximum Gasteiger partial charge on any atom is 0.284 e. The van der Waals surface area contributed by atoms with Gasteiger partial charge < -0.3 is 0 Å². The highest BCUT2D eigenvalue weighted by Crippen LogP contribution is 2.19. The summed E-state index contributed by atoms with van der Waals surface area (Å²) in [6.07, 6.45) is 0. The Hall–Kier alpha value is -2.07. The van der Waals surface area contributed by atoms with Crippen LogP contribution >= 0.6 is 11.6 Å². The first-order valence-electron chi connectivity index (χ1n) is 5.92. The maximum atomic E-state index is 12.6. The van der Waals surface area contributed by atoms with Crippen LogP contribution in [0.3, 0.4) is 0 Å². The van der Waals surface area contributed by atoms with E-state index in [-0.39, 0.29) is 5.56 Å². The Bertz CT molecular complexity index is 818. The first kappa shape index (κ1) is 12.0. The molecule has 0 saturated heterocycles. The zero-order chi connectivity index (χ0) is 13.6. The van der Waals surface area contributed by atoms with Gasteiger partial charge >= 0.3 is 0 Å². The lowest BCUT2D eigenvalue weighted by Gasteiger charge is -2.10. The second-order valence-electron chi connectivity index (χ2n) is 4.42. The fourth-order valence-corrected chi connectivity index (χ4v) is 2.55. The molecular weight excluding hydrogens is 262 g/mol. The molecule has 0 aliphatic heterocycles. The van der Waals surface area contributed by atoms with Gasteiger partial charge in [0.1, 0.15) is 11.3 Å². The van der Waals surface area contributed by atoms with E-state index in [1.54, 1.807) is 22.1 Å². The molecule has 0 amide bonds. The van der Waals surface area contributed by atoms with Gasteiger partial charge in [0.2, 0.25) is 0 Å². The molecule has 0 atom stereocenters. The van der Waals surface area contributed by atoms with Gasteiger partial charge in [-0.2, -0.15) is 5.10 Å². The van der Waals surface area contributed by atoms with Gasteiger partial charge in [0, 0.05) is 5.69 Å². The lowest BCUT2D eigenvalue weighted by molar-refractivity contribution is 0.764. The van der Waals surface area contributed by atoms with Crippen molar-refractivity contribution in [3.8, 4) is 5.69 Å². The Morgan fingerprint density at radius 1 is 1.16 bits per heavy atom. The smallest absolute Gasteiger partial charge is 0.266 e. The summed E-state index contributed by atoms with van der Waals surface area (Å²) in [6, 6.07) is 11.2. The van der Waals surface area contributed by atoms with Crippen LogP contribution in [0, 0.1) is 13.8 Å². The molecule has 0 aliphatic carbocycles. The van der Waals surface area contributed by atoms with E-state index in [1.807, 2.05) is 37.3 Å². The van der Waals surface area contributed by atoms with E-state index in [4.69, 9.17) is 11.6 Å². The number of nitrogens with zero attached hydrogens (tertiary/aromatic N) is 3. The average molecular weight is 274 g/mol. The second kappa shape index (κ2) is 4.24. The van der Waals surface area contributed by atoms with E-state index in [9.17, 15) is 4.79 Å². The minimum absolute atomic E-state index is 0.156. The van der Waals surface area contributed by atoms with Crippen molar-refractivity contribution >= 4 is 17.1 Å². The predicted octanol–water partition coefficient (Wildman–Crippen LogP) is 2.76. The summed E-state index contributed by atoms with van der Waals surface area (Å²) in [6.45, 7) is 3.68. The monoisotopic (exact) mass is 273 g/mol. The number of hydrogen-bond donors (Lipinski definition) is 0. The largest absolute Gasteiger partial charge is 0.284 e. The molecule has 19 heavy (non-hydrogen) atoms. The van der Waals surface area contributed by atoms with Crippen LogP contribution in [-0.2, 0) is 0 Å². The minimum Gasteiger partial charge on any atom is -0.266 e. The average Bonchev–Trinajstić information content (AvgIpc) is 2.66. The lowest BCUT2D eigenvalue weighted by atomic mass is 10.3. The second-order valence-corrected chi connectivity index (χ2v) is 4.82.